The molecule has 0 saturated heterocycles. The number of aromatic nitrogens is 6. The van der Waals surface area contributed by atoms with E-state index >= 15 is 0 Å². The monoisotopic (exact) mass is 649 g/mol. The smallest absolute Gasteiger partial charge is 0.354 e. The molecule has 0 spiro atoms. The van der Waals surface area contributed by atoms with Crippen LogP contribution in [0, 0.1) is 0 Å². The van der Waals surface area contributed by atoms with Crippen LogP contribution in [0.2, 0.25) is 0 Å². The van der Waals surface area contributed by atoms with Crippen LogP contribution in [0.4, 0.5) is 5.95 Å². The van der Waals surface area contributed by atoms with E-state index in [0.717, 1.165) is 56.9 Å². The van der Waals surface area contributed by atoms with Gasteiger partial charge in [0.05, 0.1) is 0 Å². The third-order valence-corrected chi connectivity index (χ3v) is 11.6. The SMILES string of the molecule is COP(=O)(OC)c1nc(CCCNc2nc(P(=O)(OC)OC)nc(P(=O)(OC)OC)n2)nc(P(=O)(OC)OC)n1. The molecule has 0 aromatic carbocycles. The highest BCUT2D eigenvalue weighted by atomic mass is 31.2. The van der Waals surface area contributed by atoms with Crippen molar-refractivity contribution in [2.24, 2.45) is 0 Å². The molecule has 0 fully saturated rings. The second-order valence-corrected chi connectivity index (χ2v) is 15.6. The maximum absolute atomic E-state index is 12.9. The molecule has 2 aromatic rings. The summed E-state index contributed by atoms with van der Waals surface area (Å²) in [7, 11) is -6.82. The molecule has 0 bridgehead atoms. The van der Waals surface area contributed by atoms with Gasteiger partial charge in [-0.3, -0.25) is 18.3 Å². The quantitative estimate of drug-likeness (QED) is 0.182. The van der Waals surface area contributed by atoms with Crippen LogP contribution in [0.3, 0.4) is 0 Å². The molecular weight excluding hydrogens is 618 g/mol. The van der Waals surface area contributed by atoms with Crippen molar-refractivity contribution in [2.45, 2.75) is 12.8 Å². The molecule has 2 aromatic heterocycles. The number of anilines is 1. The summed E-state index contributed by atoms with van der Waals surface area (Å²) in [6.07, 6.45) is 0.399. The Morgan fingerprint density at radius 3 is 1.10 bits per heavy atom. The standard InChI is InChI=1S/C17H31N7O12P4/c1-29-37(25,30-2)14-19-12(20-15(23-14)38(26,31-3)32-4)10-9-11-18-13-21-16(39(27,33-5)34-6)24-17(22-13)40(28,35-7)36-8/h9-11H2,1-8H3,(H,18,21,22,24). The number of hydrogen-bond acceptors (Lipinski definition) is 19. The fourth-order valence-electron chi connectivity index (χ4n) is 2.83. The molecule has 2 heterocycles. The number of aryl methyl sites for hydroxylation is 1. The first-order chi connectivity index (χ1) is 18.9. The Balaban J connectivity index is 2.38. The topological polar surface area (TPSA) is 231 Å². The van der Waals surface area contributed by atoms with E-state index in [2.05, 4.69) is 35.2 Å². The van der Waals surface area contributed by atoms with Crippen molar-refractivity contribution in [2.75, 3.05) is 68.7 Å². The highest BCUT2D eigenvalue weighted by Crippen LogP contribution is 2.47. The van der Waals surface area contributed by atoms with E-state index in [1.165, 1.54) is 0 Å². The molecule has 19 nitrogen and oxygen atoms in total. The molecule has 1 N–H and O–H groups in total. The van der Waals surface area contributed by atoms with Crippen LogP contribution in [-0.2, 0) is 60.9 Å². The Morgan fingerprint density at radius 1 is 0.500 bits per heavy atom. The summed E-state index contributed by atoms with van der Waals surface area (Å²) in [4.78, 5) is 24.2. The molecule has 0 unspecified atom stereocenters. The fraction of sp³-hybridized carbons (Fsp3) is 0.647. The van der Waals surface area contributed by atoms with Crippen molar-refractivity contribution in [3.8, 4) is 0 Å². The van der Waals surface area contributed by atoms with Crippen LogP contribution in [0.25, 0.3) is 0 Å². The second-order valence-electron chi connectivity index (χ2n) is 7.09. The molecule has 0 aliphatic heterocycles. The van der Waals surface area contributed by atoms with Gasteiger partial charge in [0.1, 0.15) is 5.82 Å². The molecule has 0 amide bonds. The maximum atomic E-state index is 12.9. The third kappa shape index (κ3) is 7.62. The van der Waals surface area contributed by atoms with Crippen LogP contribution >= 0.6 is 30.4 Å². The lowest BCUT2D eigenvalue weighted by Crippen LogP contribution is -2.31. The lowest BCUT2D eigenvalue weighted by molar-refractivity contribution is 0.282. The first kappa shape index (κ1) is 34.6. The Kier molecular flexibility index (Phi) is 12.6. The van der Waals surface area contributed by atoms with Gasteiger partial charge in [0, 0.05) is 69.8 Å². The maximum Gasteiger partial charge on any atom is 0.398 e. The summed E-state index contributed by atoms with van der Waals surface area (Å²) in [6, 6.07) is 0. The molecule has 0 aliphatic carbocycles. The number of hydrogen-bond donors (Lipinski definition) is 1. The van der Waals surface area contributed by atoms with Gasteiger partial charge >= 0.3 is 30.4 Å². The van der Waals surface area contributed by atoms with Crippen LogP contribution < -0.4 is 27.6 Å². The predicted molar refractivity (Wildman–Crippen MR) is 141 cm³/mol. The van der Waals surface area contributed by atoms with Gasteiger partial charge in [-0.1, -0.05) is 0 Å². The Labute approximate surface area is 230 Å². The van der Waals surface area contributed by atoms with Crippen molar-refractivity contribution in [3.63, 3.8) is 0 Å². The number of nitrogens with zero attached hydrogens (tertiary/aromatic N) is 6. The zero-order valence-corrected chi connectivity index (χ0v) is 26.6. The normalized spacial score (nSPS) is 13.0. The fourth-order valence-corrected chi connectivity index (χ4v) is 6.67. The lowest BCUT2D eigenvalue weighted by Gasteiger charge is -2.17. The first-order valence-corrected chi connectivity index (χ1v) is 17.2. The number of rotatable bonds is 17. The van der Waals surface area contributed by atoms with Gasteiger partial charge in [0.15, 0.2) is 0 Å². The van der Waals surface area contributed by atoms with Gasteiger partial charge < -0.3 is 41.5 Å². The van der Waals surface area contributed by atoms with Crippen LogP contribution in [0.5, 0.6) is 0 Å². The Morgan fingerprint density at radius 2 is 0.800 bits per heavy atom. The molecule has 0 aliphatic rings. The molecule has 0 saturated carbocycles. The third-order valence-electron chi connectivity index (χ3n) is 5.03. The Bertz CT molecular complexity index is 1140. The molecular formula is C17H31N7O12P4. The lowest BCUT2D eigenvalue weighted by atomic mass is 10.3. The summed E-state index contributed by atoms with van der Waals surface area (Å²) in [5.74, 6) is -0.0822. The summed E-state index contributed by atoms with van der Waals surface area (Å²) in [5, 5.41) is 2.86. The average Bonchev–Trinajstić information content (AvgIpc) is 3.00. The molecule has 2 rings (SSSR count). The van der Waals surface area contributed by atoms with E-state index in [0.29, 0.717) is 0 Å². The van der Waals surface area contributed by atoms with E-state index in [1.54, 1.807) is 0 Å². The van der Waals surface area contributed by atoms with Crippen molar-refractivity contribution >= 4 is 58.6 Å². The van der Waals surface area contributed by atoms with E-state index in [4.69, 9.17) is 36.2 Å². The van der Waals surface area contributed by atoms with Crippen LogP contribution in [0.1, 0.15) is 12.2 Å². The highest BCUT2D eigenvalue weighted by Gasteiger charge is 2.37. The minimum absolute atomic E-state index is 0.0639. The van der Waals surface area contributed by atoms with E-state index in [1.807, 2.05) is 0 Å². The van der Waals surface area contributed by atoms with E-state index in [-0.39, 0.29) is 31.2 Å². The zero-order chi connectivity index (χ0) is 30.2. The second kappa shape index (κ2) is 14.5. The summed E-state index contributed by atoms with van der Waals surface area (Å²) < 4.78 is 91.1. The minimum atomic E-state index is -3.98. The predicted octanol–water partition coefficient (Wildman–Crippen LogP) is 0.546. The molecule has 23 heteroatoms. The van der Waals surface area contributed by atoms with Gasteiger partial charge in [-0.15, -0.1) is 0 Å². The molecule has 226 valence electrons. The van der Waals surface area contributed by atoms with Crippen molar-refractivity contribution in [3.05, 3.63) is 5.82 Å². The van der Waals surface area contributed by atoms with Crippen molar-refractivity contribution < 1.29 is 54.5 Å². The summed E-state index contributed by atoms with van der Waals surface area (Å²) >= 11 is 0. The largest absolute Gasteiger partial charge is 0.398 e. The van der Waals surface area contributed by atoms with Crippen molar-refractivity contribution in [1.29, 1.82) is 0 Å². The van der Waals surface area contributed by atoms with Gasteiger partial charge in [0.2, 0.25) is 28.2 Å². The van der Waals surface area contributed by atoms with Gasteiger partial charge in [-0.25, -0.2) is 9.97 Å². The minimum Gasteiger partial charge on any atom is -0.354 e. The van der Waals surface area contributed by atoms with Gasteiger partial charge in [-0.2, -0.15) is 19.9 Å². The van der Waals surface area contributed by atoms with Crippen LogP contribution in [-0.4, -0.2) is 93.3 Å². The summed E-state index contributed by atoms with van der Waals surface area (Å²) in [6.45, 7) is 0.145. The van der Waals surface area contributed by atoms with E-state index < -0.39 is 52.6 Å². The highest BCUT2D eigenvalue weighted by molar-refractivity contribution is 7.63. The van der Waals surface area contributed by atoms with Crippen molar-refractivity contribution in [1.82, 2.24) is 29.9 Å². The molecule has 40 heavy (non-hydrogen) atoms. The first-order valence-electron chi connectivity index (χ1n) is 11.0. The zero-order valence-electron chi connectivity index (χ0n) is 23.0. The number of nitrogens with one attached hydrogen (secondary N) is 1. The average molecular weight is 649 g/mol. The van der Waals surface area contributed by atoms with Crippen LogP contribution in [0.15, 0.2) is 0 Å². The molecule has 0 atom stereocenters. The van der Waals surface area contributed by atoms with Gasteiger partial charge in [-0.05, 0) is 6.42 Å². The Hall–Kier alpha value is -1.58. The van der Waals surface area contributed by atoms with E-state index in [9.17, 15) is 18.3 Å². The summed E-state index contributed by atoms with van der Waals surface area (Å²) in [5.41, 5.74) is -1.65. The van der Waals surface area contributed by atoms with Gasteiger partial charge in [0.25, 0.3) is 0 Å². The molecule has 0 radical (unpaired) electrons.